The maximum Gasteiger partial charge on any atom is 0.269 e. The van der Waals surface area contributed by atoms with Gasteiger partial charge in [-0.15, -0.1) is 5.10 Å². The largest absolute Gasteiger partial charge is 0.482 e. The number of allylic oxidation sites excluding steroid dienone is 1. The van der Waals surface area contributed by atoms with Crippen LogP contribution >= 0.6 is 11.6 Å². The van der Waals surface area contributed by atoms with Crippen molar-refractivity contribution in [3.05, 3.63) is 143 Å². The van der Waals surface area contributed by atoms with Gasteiger partial charge >= 0.3 is 0 Å². The van der Waals surface area contributed by atoms with Gasteiger partial charge in [0.25, 0.3) is 11.8 Å². The molecule has 254 valence electrons. The number of anilines is 3. The minimum Gasteiger partial charge on any atom is -0.482 e. The molecule has 0 bridgehead atoms. The molecule has 10 nitrogen and oxygen atoms in total. The fourth-order valence-electron chi connectivity index (χ4n) is 6.72. The zero-order valence-electron chi connectivity index (χ0n) is 27.4. The number of carbonyl (C=O) groups excluding carboxylic acids is 2. The number of rotatable bonds is 11. The molecule has 0 fully saturated rings. The normalized spacial score (nSPS) is 18.2. The van der Waals surface area contributed by atoms with Crippen LogP contribution in [0.25, 0.3) is 0 Å². The van der Waals surface area contributed by atoms with Crippen molar-refractivity contribution in [3.8, 4) is 5.75 Å². The maximum atomic E-state index is 14.2. The summed E-state index contributed by atoms with van der Waals surface area (Å²) >= 11 is 6.40. The molecule has 1 unspecified atom stereocenters. The van der Waals surface area contributed by atoms with Crippen LogP contribution in [0.1, 0.15) is 41.6 Å². The van der Waals surface area contributed by atoms with Crippen molar-refractivity contribution in [2.75, 3.05) is 23.0 Å². The fraction of sp³-hybridized carbons (Fsp3) is 0.231. The van der Waals surface area contributed by atoms with E-state index in [2.05, 4.69) is 10.3 Å². The molecule has 11 heteroatoms. The summed E-state index contributed by atoms with van der Waals surface area (Å²) in [7, 11) is 0. The van der Waals surface area contributed by atoms with E-state index in [1.54, 1.807) is 32.7 Å². The van der Waals surface area contributed by atoms with Gasteiger partial charge in [-0.05, 0) is 60.0 Å². The van der Waals surface area contributed by atoms with E-state index < -0.39 is 17.4 Å². The number of para-hydroxylation sites is 2. The topological polar surface area (TPSA) is 121 Å². The van der Waals surface area contributed by atoms with E-state index in [1.165, 1.54) is 0 Å². The van der Waals surface area contributed by atoms with E-state index in [0.717, 1.165) is 11.1 Å². The number of aromatic nitrogens is 3. The van der Waals surface area contributed by atoms with Crippen LogP contribution in [-0.2, 0) is 28.3 Å². The SMILES string of the molecule is C[C@@H](/C=C/CCn1cc(C(CO)c2ccccc2)nn1)[C@]1(O)C(=O)N(Cc2cccc(N3C(=O)COc4ccccc43)c2)c2ccc(Cl)cc21. The third-order valence-electron chi connectivity index (χ3n) is 9.35. The van der Waals surface area contributed by atoms with Crippen molar-refractivity contribution in [2.24, 2.45) is 5.92 Å². The van der Waals surface area contributed by atoms with Gasteiger partial charge in [0.15, 0.2) is 12.2 Å². The minimum absolute atomic E-state index is 0.0727. The first-order valence-electron chi connectivity index (χ1n) is 16.5. The molecule has 5 aromatic rings. The molecule has 0 saturated carbocycles. The highest BCUT2D eigenvalue weighted by molar-refractivity contribution is 6.31. The highest BCUT2D eigenvalue weighted by Gasteiger charge is 2.52. The second-order valence-corrected chi connectivity index (χ2v) is 13.0. The molecule has 50 heavy (non-hydrogen) atoms. The smallest absolute Gasteiger partial charge is 0.269 e. The summed E-state index contributed by atoms with van der Waals surface area (Å²) in [4.78, 5) is 30.4. The number of benzene rings is 4. The molecule has 0 radical (unpaired) electrons. The van der Waals surface area contributed by atoms with Crippen LogP contribution in [0, 0.1) is 5.92 Å². The highest BCUT2D eigenvalue weighted by Crippen LogP contribution is 2.47. The van der Waals surface area contributed by atoms with Crippen molar-refractivity contribution in [3.63, 3.8) is 0 Å². The van der Waals surface area contributed by atoms with Gasteiger partial charge in [-0.3, -0.25) is 19.2 Å². The molecule has 0 spiro atoms. The van der Waals surface area contributed by atoms with E-state index in [4.69, 9.17) is 16.3 Å². The first kappa shape index (κ1) is 33.2. The molecular weight excluding hydrogens is 654 g/mol. The first-order valence-corrected chi connectivity index (χ1v) is 16.9. The monoisotopic (exact) mass is 689 g/mol. The van der Waals surface area contributed by atoms with Gasteiger partial charge in [0.05, 0.1) is 36.1 Å². The number of carbonyl (C=O) groups is 2. The Morgan fingerprint density at radius 3 is 2.60 bits per heavy atom. The Morgan fingerprint density at radius 1 is 0.980 bits per heavy atom. The predicted octanol–water partition coefficient (Wildman–Crippen LogP) is 6.13. The highest BCUT2D eigenvalue weighted by atomic mass is 35.5. The predicted molar refractivity (Wildman–Crippen MR) is 190 cm³/mol. The van der Waals surface area contributed by atoms with Crippen molar-refractivity contribution in [2.45, 2.75) is 38.0 Å². The number of ether oxygens (including phenoxy) is 1. The number of hydrogen-bond donors (Lipinski definition) is 2. The number of halogens is 1. The number of aliphatic hydroxyl groups excluding tert-OH is 1. The summed E-state index contributed by atoms with van der Waals surface area (Å²) in [5.74, 6) is -0.886. The summed E-state index contributed by atoms with van der Waals surface area (Å²) in [6, 6.07) is 29.6. The van der Waals surface area contributed by atoms with E-state index >= 15 is 0 Å². The maximum absolute atomic E-state index is 14.2. The molecular formula is C39H36ClN5O5. The first-order chi connectivity index (χ1) is 24.3. The summed E-state index contributed by atoms with van der Waals surface area (Å²) in [6.45, 7) is 2.35. The number of fused-ring (bicyclic) bond motifs is 2. The van der Waals surface area contributed by atoms with Gasteiger partial charge in [-0.1, -0.05) is 90.5 Å². The van der Waals surface area contributed by atoms with Crippen molar-refractivity contribution < 1.29 is 24.5 Å². The van der Waals surface area contributed by atoms with E-state index in [-0.39, 0.29) is 31.6 Å². The summed E-state index contributed by atoms with van der Waals surface area (Å²) < 4.78 is 7.34. The van der Waals surface area contributed by atoms with Gasteiger partial charge in [0, 0.05) is 34.9 Å². The number of hydrogen-bond acceptors (Lipinski definition) is 7. The Bertz CT molecular complexity index is 2070. The standard InChI is InChI=1S/C39H36ClN5O5/c1-26(10-7-8-19-43-23-33(41-42-43)31(24-46)28-12-3-2-4-13-28)39(49)32-21-29(40)17-18-34(32)44(38(39)48)22-27-11-9-14-30(20-27)45-35-15-5-6-16-36(35)50-25-37(45)47/h2-7,9-18,20-21,23,26,31,46,49H,8,19,22,24-25H2,1H3/b10-7+/t26-,31?,39+/m0/s1. The zero-order valence-corrected chi connectivity index (χ0v) is 28.1. The van der Waals surface area contributed by atoms with Crippen molar-refractivity contribution in [1.82, 2.24) is 15.0 Å². The Kier molecular flexibility index (Phi) is 9.24. The van der Waals surface area contributed by atoms with Crippen LogP contribution in [0.2, 0.25) is 5.02 Å². The van der Waals surface area contributed by atoms with Crippen LogP contribution < -0.4 is 14.5 Å². The van der Waals surface area contributed by atoms with Crippen LogP contribution in [0.3, 0.4) is 0 Å². The quantitative estimate of drug-likeness (QED) is 0.160. The number of amides is 2. The van der Waals surface area contributed by atoms with Gasteiger partial charge in [-0.25, -0.2) is 0 Å². The van der Waals surface area contributed by atoms with Gasteiger partial charge in [-0.2, -0.15) is 0 Å². The molecule has 0 aliphatic carbocycles. The van der Waals surface area contributed by atoms with Crippen LogP contribution in [0.4, 0.5) is 17.1 Å². The molecule has 3 heterocycles. The van der Waals surface area contributed by atoms with Gasteiger partial charge in [0.2, 0.25) is 0 Å². The molecule has 2 amide bonds. The van der Waals surface area contributed by atoms with Crippen LogP contribution in [0.15, 0.2) is 115 Å². The minimum atomic E-state index is -1.85. The molecule has 2 N–H and O–H groups in total. The molecule has 1 aromatic heterocycles. The molecule has 2 aliphatic rings. The number of nitrogens with zero attached hydrogens (tertiary/aromatic N) is 5. The number of aliphatic hydroxyl groups is 2. The lowest BCUT2D eigenvalue weighted by Crippen LogP contribution is -2.44. The fourth-order valence-corrected chi connectivity index (χ4v) is 6.89. The van der Waals surface area contributed by atoms with Crippen molar-refractivity contribution in [1.29, 1.82) is 0 Å². The molecule has 3 atom stereocenters. The van der Waals surface area contributed by atoms with Crippen LogP contribution in [0.5, 0.6) is 5.75 Å². The van der Waals surface area contributed by atoms with Gasteiger partial charge in [0.1, 0.15) is 5.75 Å². The lowest BCUT2D eigenvalue weighted by Gasteiger charge is -2.30. The Balaban J connectivity index is 1.07. The Hall–Kier alpha value is -5.29. The average Bonchev–Trinajstić information content (AvgIpc) is 3.68. The molecule has 7 rings (SSSR count). The Labute approximate surface area is 294 Å². The number of aryl methyl sites for hydroxylation is 1. The zero-order chi connectivity index (χ0) is 34.8. The third-order valence-corrected chi connectivity index (χ3v) is 9.59. The second-order valence-electron chi connectivity index (χ2n) is 12.5. The van der Waals surface area contributed by atoms with Gasteiger partial charge < -0.3 is 19.8 Å². The second kappa shape index (κ2) is 13.9. The summed E-state index contributed by atoms with van der Waals surface area (Å²) in [6.07, 6.45) is 6.17. The lowest BCUT2D eigenvalue weighted by atomic mass is 9.83. The van der Waals surface area contributed by atoms with Crippen molar-refractivity contribution >= 4 is 40.5 Å². The summed E-state index contributed by atoms with van der Waals surface area (Å²) in [5, 5.41) is 31.1. The third kappa shape index (κ3) is 6.17. The lowest BCUT2D eigenvalue weighted by molar-refractivity contribution is -0.139. The van der Waals surface area contributed by atoms with E-state index in [0.29, 0.717) is 52.1 Å². The summed E-state index contributed by atoms with van der Waals surface area (Å²) in [5.41, 5.74) is 2.90. The van der Waals surface area contributed by atoms with Crippen LogP contribution in [-0.4, -0.2) is 50.2 Å². The Morgan fingerprint density at radius 2 is 1.78 bits per heavy atom. The molecule has 2 aliphatic heterocycles. The molecule has 4 aromatic carbocycles. The average molecular weight is 690 g/mol. The van der Waals surface area contributed by atoms with E-state index in [9.17, 15) is 19.8 Å². The molecule has 0 saturated heterocycles. The van der Waals surface area contributed by atoms with E-state index in [1.807, 2.05) is 104 Å².